The lowest BCUT2D eigenvalue weighted by Crippen LogP contribution is -2.18. The van der Waals surface area contributed by atoms with E-state index in [0.29, 0.717) is 0 Å². The SMILES string of the molecule is CCCSC(C)CNC. The van der Waals surface area contributed by atoms with E-state index in [1.54, 1.807) is 0 Å². The second-order valence-corrected chi connectivity index (χ2v) is 3.79. The molecule has 0 aromatic carbocycles. The first-order valence-electron chi connectivity index (χ1n) is 3.57. The molecule has 0 fully saturated rings. The highest BCUT2D eigenvalue weighted by atomic mass is 32.2. The Hall–Kier alpha value is 0.310. The Labute approximate surface area is 62.6 Å². The topological polar surface area (TPSA) is 12.0 Å². The molecule has 0 spiro atoms. The van der Waals surface area contributed by atoms with E-state index in [2.05, 4.69) is 19.2 Å². The van der Waals surface area contributed by atoms with Gasteiger partial charge in [-0.15, -0.1) is 0 Å². The van der Waals surface area contributed by atoms with Crippen LogP contribution in [0.15, 0.2) is 0 Å². The van der Waals surface area contributed by atoms with Gasteiger partial charge in [-0.1, -0.05) is 13.8 Å². The maximum atomic E-state index is 3.16. The molecule has 0 aromatic rings. The van der Waals surface area contributed by atoms with E-state index in [1.165, 1.54) is 12.2 Å². The number of thioether (sulfide) groups is 1. The van der Waals surface area contributed by atoms with Crippen molar-refractivity contribution >= 4 is 11.8 Å². The third-order valence-corrected chi connectivity index (χ3v) is 2.48. The molecule has 1 unspecified atom stereocenters. The molecule has 0 rings (SSSR count). The molecule has 9 heavy (non-hydrogen) atoms. The highest BCUT2D eigenvalue weighted by Gasteiger charge is 1.97. The van der Waals surface area contributed by atoms with Crippen molar-refractivity contribution in [1.29, 1.82) is 0 Å². The van der Waals surface area contributed by atoms with E-state index in [9.17, 15) is 0 Å². The third kappa shape index (κ3) is 6.19. The molecule has 0 saturated heterocycles. The molecule has 2 heteroatoms. The Morgan fingerprint density at radius 2 is 2.22 bits per heavy atom. The fourth-order valence-corrected chi connectivity index (χ4v) is 1.59. The van der Waals surface area contributed by atoms with Gasteiger partial charge in [0.2, 0.25) is 0 Å². The molecule has 0 radical (unpaired) electrons. The van der Waals surface area contributed by atoms with Gasteiger partial charge in [0.15, 0.2) is 0 Å². The molecule has 0 saturated carbocycles. The van der Waals surface area contributed by atoms with Gasteiger partial charge in [-0.2, -0.15) is 11.8 Å². The lowest BCUT2D eigenvalue weighted by molar-refractivity contribution is 0.784. The van der Waals surface area contributed by atoms with Gasteiger partial charge in [0, 0.05) is 11.8 Å². The number of nitrogens with one attached hydrogen (secondary N) is 1. The van der Waals surface area contributed by atoms with Crippen LogP contribution < -0.4 is 5.32 Å². The summed E-state index contributed by atoms with van der Waals surface area (Å²) in [5, 5.41) is 3.93. The molecule has 1 N–H and O–H groups in total. The van der Waals surface area contributed by atoms with E-state index in [0.717, 1.165) is 11.8 Å². The Morgan fingerprint density at radius 1 is 1.56 bits per heavy atom. The standard InChI is InChI=1S/C7H17NS/c1-4-5-9-7(2)6-8-3/h7-8H,4-6H2,1-3H3. The largest absolute Gasteiger partial charge is 0.319 e. The first kappa shape index (κ1) is 9.31. The lowest BCUT2D eigenvalue weighted by Gasteiger charge is -2.07. The molecule has 0 bridgehead atoms. The van der Waals surface area contributed by atoms with E-state index < -0.39 is 0 Å². The van der Waals surface area contributed by atoms with Crippen molar-refractivity contribution in [2.24, 2.45) is 0 Å². The van der Waals surface area contributed by atoms with Crippen LogP contribution in [0.3, 0.4) is 0 Å². The predicted octanol–water partition coefficient (Wildman–Crippen LogP) is 1.74. The van der Waals surface area contributed by atoms with E-state index in [1.807, 2.05) is 18.8 Å². The minimum atomic E-state index is 0.773. The summed E-state index contributed by atoms with van der Waals surface area (Å²) in [6.07, 6.45) is 1.29. The predicted molar refractivity (Wildman–Crippen MR) is 46.1 cm³/mol. The van der Waals surface area contributed by atoms with Gasteiger partial charge in [0.05, 0.1) is 0 Å². The van der Waals surface area contributed by atoms with Crippen LogP contribution in [-0.2, 0) is 0 Å². The van der Waals surface area contributed by atoms with Crippen LogP contribution in [0.1, 0.15) is 20.3 Å². The molecule has 0 aliphatic heterocycles. The molecule has 1 nitrogen and oxygen atoms in total. The van der Waals surface area contributed by atoms with Crippen molar-refractivity contribution in [3.05, 3.63) is 0 Å². The molecule has 56 valence electrons. The number of hydrogen-bond acceptors (Lipinski definition) is 2. The van der Waals surface area contributed by atoms with Gasteiger partial charge in [-0.25, -0.2) is 0 Å². The fourth-order valence-electron chi connectivity index (χ4n) is 0.665. The van der Waals surface area contributed by atoms with Crippen LogP contribution in [0.25, 0.3) is 0 Å². The third-order valence-electron chi connectivity index (χ3n) is 1.10. The highest BCUT2D eigenvalue weighted by Crippen LogP contribution is 2.09. The van der Waals surface area contributed by atoms with Crippen molar-refractivity contribution in [3.63, 3.8) is 0 Å². The summed E-state index contributed by atoms with van der Waals surface area (Å²) in [6.45, 7) is 5.61. The molecular weight excluding hydrogens is 130 g/mol. The minimum absolute atomic E-state index is 0.773. The normalized spacial score (nSPS) is 13.7. The summed E-state index contributed by atoms with van der Waals surface area (Å²) in [5.41, 5.74) is 0. The lowest BCUT2D eigenvalue weighted by atomic mass is 10.5. The smallest absolute Gasteiger partial charge is 0.0144 e. The van der Waals surface area contributed by atoms with Gasteiger partial charge < -0.3 is 5.32 Å². The summed E-state index contributed by atoms with van der Waals surface area (Å²) in [5.74, 6) is 1.29. The highest BCUT2D eigenvalue weighted by molar-refractivity contribution is 7.99. The first-order valence-corrected chi connectivity index (χ1v) is 4.62. The number of rotatable bonds is 5. The summed E-state index contributed by atoms with van der Waals surface area (Å²) >= 11 is 2.04. The van der Waals surface area contributed by atoms with Crippen molar-refractivity contribution in [1.82, 2.24) is 5.32 Å². The summed E-state index contributed by atoms with van der Waals surface area (Å²) < 4.78 is 0. The molecular formula is C7H17NS. The zero-order valence-corrected chi connectivity index (χ0v) is 7.42. The van der Waals surface area contributed by atoms with Crippen molar-refractivity contribution in [2.75, 3.05) is 19.3 Å². The second kappa shape index (κ2) is 6.43. The quantitative estimate of drug-likeness (QED) is 0.635. The summed E-state index contributed by atoms with van der Waals surface area (Å²) in [7, 11) is 2.00. The van der Waals surface area contributed by atoms with Crippen LogP contribution >= 0.6 is 11.8 Å². The van der Waals surface area contributed by atoms with Crippen LogP contribution in [0.4, 0.5) is 0 Å². The Bertz CT molecular complexity index is 56.9. The van der Waals surface area contributed by atoms with Crippen LogP contribution in [0, 0.1) is 0 Å². The van der Waals surface area contributed by atoms with Crippen LogP contribution in [0.2, 0.25) is 0 Å². The van der Waals surface area contributed by atoms with Crippen molar-refractivity contribution in [2.45, 2.75) is 25.5 Å². The van der Waals surface area contributed by atoms with Crippen molar-refractivity contribution in [3.8, 4) is 0 Å². The Kier molecular flexibility index (Phi) is 6.65. The summed E-state index contributed by atoms with van der Waals surface area (Å²) in [6, 6.07) is 0. The van der Waals surface area contributed by atoms with Gasteiger partial charge in [0.1, 0.15) is 0 Å². The average molecular weight is 147 g/mol. The van der Waals surface area contributed by atoms with Gasteiger partial charge >= 0.3 is 0 Å². The van der Waals surface area contributed by atoms with Gasteiger partial charge in [0.25, 0.3) is 0 Å². The van der Waals surface area contributed by atoms with Gasteiger partial charge in [-0.05, 0) is 19.2 Å². The summed E-state index contributed by atoms with van der Waals surface area (Å²) in [4.78, 5) is 0. The second-order valence-electron chi connectivity index (χ2n) is 2.24. The number of hydrogen-bond donors (Lipinski definition) is 1. The minimum Gasteiger partial charge on any atom is -0.319 e. The molecule has 0 aromatic heterocycles. The van der Waals surface area contributed by atoms with E-state index in [4.69, 9.17) is 0 Å². The molecule has 0 heterocycles. The Balaban J connectivity index is 2.95. The first-order chi connectivity index (χ1) is 4.31. The maximum absolute atomic E-state index is 3.16. The zero-order chi connectivity index (χ0) is 7.11. The van der Waals surface area contributed by atoms with Crippen molar-refractivity contribution < 1.29 is 0 Å². The average Bonchev–Trinajstić information content (AvgIpc) is 1.85. The molecule has 0 aliphatic rings. The van der Waals surface area contributed by atoms with E-state index in [-0.39, 0.29) is 0 Å². The zero-order valence-electron chi connectivity index (χ0n) is 6.61. The van der Waals surface area contributed by atoms with Crippen LogP contribution in [-0.4, -0.2) is 24.6 Å². The fraction of sp³-hybridized carbons (Fsp3) is 1.00. The molecule has 0 amide bonds. The van der Waals surface area contributed by atoms with Gasteiger partial charge in [-0.3, -0.25) is 0 Å². The maximum Gasteiger partial charge on any atom is 0.0144 e. The molecule has 0 aliphatic carbocycles. The Morgan fingerprint density at radius 3 is 2.67 bits per heavy atom. The van der Waals surface area contributed by atoms with Crippen LogP contribution in [0.5, 0.6) is 0 Å². The monoisotopic (exact) mass is 147 g/mol. The molecule has 1 atom stereocenters. The van der Waals surface area contributed by atoms with E-state index >= 15 is 0 Å².